The predicted molar refractivity (Wildman–Crippen MR) is 74.9 cm³/mol. The molecule has 0 amide bonds. The van der Waals surface area contributed by atoms with Gasteiger partial charge in [0, 0.05) is 12.0 Å². The molecule has 0 atom stereocenters. The van der Waals surface area contributed by atoms with Gasteiger partial charge < -0.3 is 20.1 Å². The summed E-state index contributed by atoms with van der Waals surface area (Å²) in [6, 6.07) is 6.32. The Morgan fingerprint density at radius 3 is 2.53 bits per heavy atom. The molecule has 1 fully saturated rings. The lowest BCUT2D eigenvalue weighted by molar-refractivity contribution is 0.168. The standard InChI is InChI=1S/C15H22N2O2/c1-17-6-4-15(11-16,5-7-17)12-2-3-13-14(10-12)19-9-8-18-13/h2-3,10H,4-9,11,16H2,1H3. The van der Waals surface area contributed by atoms with E-state index in [1.54, 1.807) is 0 Å². The topological polar surface area (TPSA) is 47.7 Å². The smallest absolute Gasteiger partial charge is 0.161 e. The highest BCUT2D eigenvalue weighted by Gasteiger charge is 2.34. The van der Waals surface area contributed by atoms with E-state index in [0.29, 0.717) is 19.8 Å². The molecule has 1 saturated heterocycles. The fourth-order valence-corrected chi connectivity index (χ4v) is 3.03. The van der Waals surface area contributed by atoms with Crippen LogP contribution >= 0.6 is 0 Å². The van der Waals surface area contributed by atoms with Crippen molar-refractivity contribution < 1.29 is 9.47 Å². The molecule has 4 nitrogen and oxygen atoms in total. The molecule has 2 heterocycles. The molecule has 0 spiro atoms. The maximum absolute atomic E-state index is 6.10. The first-order chi connectivity index (χ1) is 9.23. The van der Waals surface area contributed by atoms with Gasteiger partial charge in [0.25, 0.3) is 0 Å². The van der Waals surface area contributed by atoms with Gasteiger partial charge in [0.1, 0.15) is 13.2 Å². The third-order valence-corrected chi connectivity index (χ3v) is 4.49. The number of nitrogens with two attached hydrogens (primary N) is 1. The van der Waals surface area contributed by atoms with Crippen LogP contribution in [0.4, 0.5) is 0 Å². The molecule has 19 heavy (non-hydrogen) atoms. The van der Waals surface area contributed by atoms with Crippen LogP contribution in [-0.4, -0.2) is 44.8 Å². The Bertz CT molecular complexity index is 453. The van der Waals surface area contributed by atoms with E-state index >= 15 is 0 Å². The fourth-order valence-electron chi connectivity index (χ4n) is 3.03. The van der Waals surface area contributed by atoms with E-state index in [0.717, 1.165) is 37.4 Å². The quantitative estimate of drug-likeness (QED) is 0.875. The molecule has 1 aromatic rings. The molecular formula is C15H22N2O2. The van der Waals surface area contributed by atoms with Gasteiger partial charge in [0.2, 0.25) is 0 Å². The van der Waals surface area contributed by atoms with E-state index in [-0.39, 0.29) is 5.41 Å². The van der Waals surface area contributed by atoms with Gasteiger partial charge in [-0.15, -0.1) is 0 Å². The van der Waals surface area contributed by atoms with Crippen LogP contribution in [0.1, 0.15) is 18.4 Å². The summed E-state index contributed by atoms with van der Waals surface area (Å²) in [4.78, 5) is 2.37. The first kappa shape index (κ1) is 12.8. The first-order valence-corrected chi connectivity index (χ1v) is 7.02. The highest BCUT2D eigenvalue weighted by Crippen LogP contribution is 2.39. The third kappa shape index (κ3) is 2.30. The van der Waals surface area contributed by atoms with Gasteiger partial charge in [-0.1, -0.05) is 6.07 Å². The Morgan fingerprint density at radius 2 is 1.84 bits per heavy atom. The number of nitrogens with zero attached hydrogens (tertiary/aromatic N) is 1. The van der Waals surface area contributed by atoms with Crippen molar-refractivity contribution in [3.63, 3.8) is 0 Å². The number of benzene rings is 1. The molecule has 4 heteroatoms. The highest BCUT2D eigenvalue weighted by atomic mass is 16.6. The normalized spacial score (nSPS) is 22.2. The summed E-state index contributed by atoms with van der Waals surface area (Å²) < 4.78 is 11.3. The minimum Gasteiger partial charge on any atom is -0.486 e. The van der Waals surface area contributed by atoms with Crippen molar-refractivity contribution in [1.82, 2.24) is 4.90 Å². The van der Waals surface area contributed by atoms with E-state index in [4.69, 9.17) is 15.2 Å². The second-order valence-corrected chi connectivity index (χ2v) is 5.65. The summed E-state index contributed by atoms with van der Waals surface area (Å²) in [5.41, 5.74) is 7.50. The van der Waals surface area contributed by atoms with Gasteiger partial charge >= 0.3 is 0 Å². The van der Waals surface area contributed by atoms with Gasteiger partial charge in [-0.2, -0.15) is 0 Å². The summed E-state index contributed by atoms with van der Waals surface area (Å²) in [6.07, 6.45) is 2.22. The second-order valence-electron chi connectivity index (χ2n) is 5.65. The van der Waals surface area contributed by atoms with Crippen LogP contribution in [0.5, 0.6) is 11.5 Å². The zero-order chi connectivity index (χ0) is 13.3. The van der Waals surface area contributed by atoms with Crippen molar-refractivity contribution in [2.24, 2.45) is 5.73 Å². The molecule has 0 saturated carbocycles. The molecule has 1 aromatic carbocycles. The maximum Gasteiger partial charge on any atom is 0.161 e. The second kappa shape index (κ2) is 5.02. The Balaban J connectivity index is 1.91. The van der Waals surface area contributed by atoms with Crippen molar-refractivity contribution in [3.05, 3.63) is 23.8 Å². The van der Waals surface area contributed by atoms with Crippen LogP contribution in [-0.2, 0) is 5.41 Å². The number of hydrogen-bond donors (Lipinski definition) is 1. The molecule has 0 bridgehead atoms. The van der Waals surface area contributed by atoms with Crippen LogP contribution in [0.25, 0.3) is 0 Å². The average molecular weight is 262 g/mol. The summed E-state index contributed by atoms with van der Waals surface area (Å²) in [7, 11) is 2.17. The Labute approximate surface area is 114 Å². The minimum absolute atomic E-state index is 0.0996. The summed E-state index contributed by atoms with van der Waals surface area (Å²) in [5, 5.41) is 0. The van der Waals surface area contributed by atoms with Crippen LogP contribution in [0.3, 0.4) is 0 Å². The number of fused-ring (bicyclic) bond motifs is 1. The van der Waals surface area contributed by atoms with Crippen LogP contribution in [0, 0.1) is 0 Å². The average Bonchev–Trinajstić information content (AvgIpc) is 2.48. The van der Waals surface area contributed by atoms with Gasteiger partial charge in [0.15, 0.2) is 11.5 Å². The van der Waals surface area contributed by atoms with Gasteiger partial charge in [-0.3, -0.25) is 0 Å². The number of rotatable bonds is 2. The summed E-state index contributed by atoms with van der Waals surface area (Å²) >= 11 is 0. The molecule has 2 aliphatic heterocycles. The molecule has 0 unspecified atom stereocenters. The Hall–Kier alpha value is -1.26. The largest absolute Gasteiger partial charge is 0.486 e. The lowest BCUT2D eigenvalue weighted by Gasteiger charge is -2.40. The predicted octanol–water partition coefficient (Wildman–Crippen LogP) is 1.38. The number of piperidine rings is 1. The van der Waals surface area contributed by atoms with E-state index in [1.165, 1.54) is 5.56 Å². The van der Waals surface area contributed by atoms with E-state index < -0.39 is 0 Å². The van der Waals surface area contributed by atoms with Crippen LogP contribution in [0.15, 0.2) is 18.2 Å². The van der Waals surface area contributed by atoms with Crippen molar-refractivity contribution in [2.75, 3.05) is 39.9 Å². The third-order valence-electron chi connectivity index (χ3n) is 4.49. The molecule has 0 radical (unpaired) electrons. The molecule has 104 valence electrons. The molecule has 2 N–H and O–H groups in total. The lowest BCUT2D eigenvalue weighted by atomic mass is 9.73. The van der Waals surface area contributed by atoms with E-state index in [9.17, 15) is 0 Å². The van der Waals surface area contributed by atoms with Crippen LogP contribution < -0.4 is 15.2 Å². The summed E-state index contributed by atoms with van der Waals surface area (Å²) in [6.45, 7) is 4.17. The zero-order valence-electron chi connectivity index (χ0n) is 11.5. The Kier molecular flexibility index (Phi) is 3.37. The highest BCUT2D eigenvalue weighted by molar-refractivity contribution is 5.46. The molecular weight excluding hydrogens is 240 g/mol. The van der Waals surface area contributed by atoms with Gasteiger partial charge in [0.05, 0.1) is 0 Å². The molecule has 0 aromatic heterocycles. The van der Waals surface area contributed by atoms with Crippen molar-refractivity contribution in [2.45, 2.75) is 18.3 Å². The van der Waals surface area contributed by atoms with E-state index in [1.807, 2.05) is 6.07 Å². The van der Waals surface area contributed by atoms with Crippen molar-refractivity contribution in [3.8, 4) is 11.5 Å². The molecule has 0 aliphatic carbocycles. The van der Waals surface area contributed by atoms with Crippen LogP contribution in [0.2, 0.25) is 0 Å². The SMILES string of the molecule is CN1CCC(CN)(c2ccc3c(c2)OCCO3)CC1. The van der Waals surface area contributed by atoms with Gasteiger partial charge in [-0.05, 0) is 50.7 Å². The monoisotopic (exact) mass is 262 g/mol. The lowest BCUT2D eigenvalue weighted by Crippen LogP contribution is -2.45. The van der Waals surface area contributed by atoms with Crippen molar-refractivity contribution in [1.29, 1.82) is 0 Å². The maximum atomic E-state index is 6.10. The minimum atomic E-state index is 0.0996. The number of ether oxygens (including phenoxy) is 2. The first-order valence-electron chi connectivity index (χ1n) is 7.02. The zero-order valence-corrected chi connectivity index (χ0v) is 11.5. The number of hydrogen-bond acceptors (Lipinski definition) is 4. The van der Waals surface area contributed by atoms with E-state index in [2.05, 4.69) is 24.1 Å². The Morgan fingerprint density at radius 1 is 1.16 bits per heavy atom. The van der Waals surface area contributed by atoms with Crippen molar-refractivity contribution >= 4 is 0 Å². The van der Waals surface area contributed by atoms with Gasteiger partial charge in [-0.25, -0.2) is 0 Å². The fraction of sp³-hybridized carbons (Fsp3) is 0.600. The molecule has 3 rings (SSSR count). The number of likely N-dealkylation sites (tertiary alicyclic amines) is 1. The molecule has 2 aliphatic rings. The summed E-state index contributed by atoms with van der Waals surface area (Å²) in [5.74, 6) is 1.73.